The van der Waals surface area contributed by atoms with Gasteiger partial charge in [-0.2, -0.15) is 24.9 Å². The zero-order valence-electron chi connectivity index (χ0n) is 10.9. The van der Waals surface area contributed by atoms with E-state index in [1.165, 1.54) is 12.1 Å². The molecule has 0 radical (unpaired) electrons. The summed E-state index contributed by atoms with van der Waals surface area (Å²) >= 11 is 1.73. The summed E-state index contributed by atoms with van der Waals surface area (Å²) in [5.41, 5.74) is 4.03. The van der Waals surface area contributed by atoms with Crippen LogP contribution in [0.15, 0.2) is 18.2 Å². The van der Waals surface area contributed by atoms with Crippen LogP contribution in [0.5, 0.6) is 0 Å². The molecule has 1 atom stereocenters. The largest absolute Gasteiger partial charge is 0.418 e. The Morgan fingerprint density at radius 1 is 1.45 bits per heavy atom. The van der Waals surface area contributed by atoms with Crippen molar-refractivity contribution >= 4 is 23.4 Å². The van der Waals surface area contributed by atoms with Gasteiger partial charge in [-0.3, -0.25) is 4.79 Å². The molecule has 1 unspecified atom stereocenters. The number of benzene rings is 1. The summed E-state index contributed by atoms with van der Waals surface area (Å²) in [6.45, 7) is 2.41. The Bertz CT molecular complexity index is 519. The molecule has 110 valence electrons. The molecule has 1 aromatic rings. The molecule has 0 aliphatic carbocycles. The van der Waals surface area contributed by atoms with E-state index >= 15 is 0 Å². The van der Waals surface area contributed by atoms with Crippen LogP contribution in [0.3, 0.4) is 0 Å². The zero-order valence-corrected chi connectivity index (χ0v) is 11.7. The fraction of sp³-hybridized carbons (Fsp3) is 0.462. The number of hydrogen-bond donors (Lipinski definition) is 1. The van der Waals surface area contributed by atoms with Crippen LogP contribution >= 0.6 is 11.8 Å². The highest BCUT2D eigenvalue weighted by atomic mass is 32.2. The Balaban J connectivity index is 2.35. The van der Waals surface area contributed by atoms with Crippen LogP contribution in [-0.4, -0.2) is 34.9 Å². The summed E-state index contributed by atoms with van der Waals surface area (Å²) in [6, 6.07) is 3.45. The molecule has 2 N–H and O–H groups in total. The van der Waals surface area contributed by atoms with E-state index in [-0.39, 0.29) is 11.6 Å². The highest BCUT2D eigenvalue weighted by molar-refractivity contribution is 7.99. The van der Waals surface area contributed by atoms with E-state index < -0.39 is 23.3 Å². The van der Waals surface area contributed by atoms with Gasteiger partial charge in [0.15, 0.2) is 0 Å². The number of para-hydroxylation sites is 1. The van der Waals surface area contributed by atoms with E-state index in [1.807, 2.05) is 6.92 Å². The first-order chi connectivity index (χ1) is 9.32. The molecule has 1 fully saturated rings. The quantitative estimate of drug-likeness (QED) is 0.812. The monoisotopic (exact) mass is 304 g/mol. The number of rotatable bonds is 1. The third-order valence-electron chi connectivity index (χ3n) is 3.27. The van der Waals surface area contributed by atoms with Gasteiger partial charge in [-0.1, -0.05) is 6.07 Å². The lowest BCUT2D eigenvalue weighted by Crippen LogP contribution is -2.44. The summed E-state index contributed by atoms with van der Waals surface area (Å²) in [5, 5.41) is 0. The molecular weight excluding hydrogens is 289 g/mol. The third-order valence-corrected chi connectivity index (χ3v) is 4.46. The van der Waals surface area contributed by atoms with E-state index in [0.29, 0.717) is 6.54 Å². The molecule has 1 aliphatic rings. The molecule has 2 rings (SSSR count). The number of thioether (sulfide) groups is 1. The number of carbonyl (C=O) groups excluding carboxylic acids is 1. The standard InChI is InChI=1S/C13H15F3N2OS/c1-8-7-20-6-5-18(8)12(19)9-3-2-4-10(11(9)17)13(14,15)16/h2-4,8H,5-7,17H2,1H3. The summed E-state index contributed by atoms with van der Waals surface area (Å²) in [7, 11) is 0. The van der Waals surface area contributed by atoms with Crippen molar-refractivity contribution in [2.45, 2.75) is 19.1 Å². The maximum atomic E-state index is 12.8. The molecule has 1 aliphatic heterocycles. The molecule has 0 saturated carbocycles. The van der Waals surface area contributed by atoms with Gasteiger partial charge in [0, 0.05) is 24.1 Å². The molecular formula is C13H15F3N2OS. The molecule has 0 bridgehead atoms. The van der Waals surface area contributed by atoms with Gasteiger partial charge >= 0.3 is 6.18 Å². The van der Waals surface area contributed by atoms with Crippen LogP contribution in [0.1, 0.15) is 22.8 Å². The fourth-order valence-corrected chi connectivity index (χ4v) is 3.20. The lowest BCUT2D eigenvalue weighted by atomic mass is 10.1. The molecule has 1 aromatic carbocycles. The van der Waals surface area contributed by atoms with Gasteiger partial charge in [0.2, 0.25) is 0 Å². The number of halogens is 3. The third kappa shape index (κ3) is 2.87. The van der Waals surface area contributed by atoms with Crippen LogP contribution in [0.25, 0.3) is 0 Å². The minimum atomic E-state index is -4.55. The highest BCUT2D eigenvalue weighted by Crippen LogP contribution is 2.35. The molecule has 7 heteroatoms. The Labute approximate surface area is 119 Å². The second-order valence-electron chi connectivity index (χ2n) is 4.69. The molecule has 20 heavy (non-hydrogen) atoms. The van der Waals surface area contributed by atoms with Crippen molar-refractivity contribution in [2.24, 2.45) is 0 Å². The van der Waals surface area contributed by atoms with Gasteiger partial charge in [-0.25, -0.2) is 0 Å². The van der Waals surface area contributed by atoms with Gasteiger partial charge in [-0.15, -0.1) is 0 Å². The van der Waals surface area contributed by atoms with Crippen LogP contribution in [0.4, 0.5) is 18.9 Å². The van der Waals surface area contributed by atoms with Crippen molar-refractivity contribution in [3.63, 3.8) is 0 Å². The van der Waals surface area contributed by atoms with E-state index in [2.05, 4.69) is 0 Å². The van der Waals surface area contributed by atoms with Crippen molar-refractivity contribution in [1.29, 1.82) is 0 Å². The fourth-order valence-electron chi connectivity index (χ4n) is 2.18. The van der Waals surface area contributed by atoms with E-state index in [0.717, 1.165) is 17.6 Å². The van der Waals surface area contributed by atoms with Crippen molar-refractivity contribution in [3.8, 4) is 0 Å². The van der Waals surface area contributed by atoms with Gasteiger partial charge in [-0.05, 0) is 19.1 Å². The lowest BCUT2D eigenvalue weighted by Gasteiger charge is -2.33. The average molecular weight is 304 g/mol. The predicted molar refractivity (Wildman–Crippen MR) is 73.7 cm³/mol. The van der Waals surface area contributed by atoms with Gasteiger partial charge in [0.25, 0.3) is 5.91 Å². The predicted octanol–water partition coefficient (Wildman–Crippen LogP) is 2.87. The van der Waals surface area contributed by atoms with Crippen molar-refractivity contribution in [3.05, 3.63) is 29.3 Å². The zero-order chi connectivity index (χ0) is 14.9. The Morgan fingerprint density at radius 3 is 2.75 bits per heavy atom. The first kappa shape index (κ1) is 15.0. The molecule has 1 heterocycles. The maximum Gasteiger partial charge on any atom is 0.418 e. The van der Waals surface area contributed by atoms with E-state index in [1.54, 1.807) is 16.7 Å². The van der Waals surface area contributed by atoms with Crippen LogP contribution in [0.2, 0.25) is 0 Å². The van der Waals surface area contributed by atoms with Crippen molar-refractivity contribution < 1.29 is 18.0 Å². The second-order valence-corrected chi connectivity index (χ2v) is 5.84. The Hall–Kier alpha value is -1.37. The van der Waals surface area contributed by atoms with Crippen LogP contribution in [-0.2, 0) is 6.18 Å². The minimum Gasteiger partial charge on any atom is -0.398 e. The minimum absolute atomic E-state index is 0.00445. The number of nitrogen functional groups attached to an aromatic ring is 1. The SMILES string of the molecule is CC1CSCCN1C(=O)c1cccc(C(F)(F)F)c1N. The number of hydrogen-bond acceptors (Lipinski definition) is 3. The highest BCUT2D eigenvalue weighted by Gasteiger charge is 2.35. The number of alkyl halides is 3. The second kappa shape index (κ2) is 5.55. The normalized spacial score (nSPS) is 20.0. The summed E-state index contributed by atoms with van der Waals surface area (Å²) in [6.07, 6.45) is -4.55. The van der Waals surface area contributed by atoms with E-state index in [4.69, 9.17) is 5.73 Å². The molecule has 3 nitrogen and oxygen atoms in total. The number of carbonyl (C=O) groups is 1. The first-order valence-electron chi connectivity index (χ1n) is 6.16. The molecule has 1 saturated heterocycles. The number of nitrogens with two attached hydrogens (primary N) is 1. The van der Waals surface area contributed by atoms with Gasteiger partial charge in [0.1, 0.15) is 0 Å². The Kier molecular flexibility index (Phi) is 4.17. The lowest BCUT2D eigenvalue weighted by molar-refractivity contribution is -0.136. The summed E-state index contributed by atoms with van der Waals surface area (Å²) < 4.78 is 38.4. The number of amides is 1. The number of nitrogens with zero attached hydrogens (tertiary/aromatic N) is 1. The van der Waals surface area contributed by atoms with Gasteiger partial charge < -0.3 is 10.6 Å². The molecule has 0 aromatic heterocycles. The van der Waals surface area contributed by atoms with Crippen LogP contribution < -0.4 is 5.73 Å². The van der Waals surface area contributed by atoms with Crippen LogP contribution in [0, 0.1) is 0 Å². The van der Waals surface area contributed by atoms with Gasteiger partial charge in [0.05, 0.1) is 16.8 Å². The average Bonchev–Trinajstić information content (AvgIpc) is 2.37. The summed E-state index contributed by atoms with van der Waals surface area (Å²) in [4.78, 5) is 14.0. The number of anilines is 1. The maximum absolute atomic E-state index is 12.8. The van der Waals surface area contributed by atoms with Crippen molar-refractivity contribution in [1.82, 2.24) is 4.90 Å². The van der Waals surface area contributed by atoms with Crippen molar-refractivity contribution in [2.75, 3.05) is 23.8 Å². The molecule has 0 spiro atoms. The first-order valence-corrected chi connectivity index (χ1v) is 7.32. The Morgan fingerprint density at radius 2 is 2.15 bits per heavy atom. The topological polar surface area (TPSA) is 46.3 Å². The summed E-state index contributed by atoms with van der Waals surface area (Å²) in [5.74, 6) is 1.14. The molecule has 1 amide bonds. The smallest absolute Gasteiger partial charge is 0.398 e. The van der Waals surface area contributed by atoms with E-state index in [9.17, 15) is 18.0 Å².